The molecule has 4 N–H and O–H groups in total. The second-order valence-electron chi connectivity index (χ2n) is 5.69. The number of carbonyl (C=O) groups excluding carboxylic acids is 2. The molecule has 2 aromatic carbocycles. The van der Waals surface area contributed by atoms with Crippen LogP contribution < -0.4 is 21.3 Å². The molecular formula is C18H20FN3O3. The molecule has 0 radical (unpaired) electrons. The Kier molecular flexibility index (Phi) is 6.08. The second-order valence-corrected chi connectivity index (χ2v) is 5.69. The highest BCUT2D eigenvalue weighted by molar-refractivity contribution is 5.82. The third-order valence-corrected chi connectivity index (χ3v) is 3.41. The van der Waals surface area contributed by atoms with Crippen LogP contribution in [0.25, 0.3) is 0 Å². The minimum absolute atomic E-state index is 0.231. The molecule has 0 aromatic heterocycles. The average Bonchev–Trinajstić information content (AvgIpc) is 2.53. The van der Waals surface area contributed by atoms with Crippen molar-refractivity contribution in [1.29, 1.82) is 0 Å². The van der Waals surface area contributed by atoms with E-state index in [1.807, 2.05) is 32.0 Å². The first kappa shape index (κ1) is 18.4. The lowest BCUT2D eigenvalue weighted by molar-refractivity contribution is -0.125. The first-order valence-electron chi connectivity index (χ1n) is 7.65. The monoisotopic (exact) mass is 345 g/mol. The molecule has 2 aromatic rings. The van der Waals surface area contributed by atoms with Gasteiger partial charge in [-0.05, 0) is 54.8 Å². The van der Waals surface area contributed by atoms with Gasteiger partial charge < -0.3 is 10.5 Å². The van der Waals surface area contributed by atoms with Crippen LogP contribution in [-0.4, -0.2) is 18.4 Å². The fourth-order valence-electron chi connectivity index (χ4n) is 2.33. The van der Waals surface area contributed by atoms with Crippen molar-refractivity contribution < 1.29 is 18.7 Å². The quantitative estimate of drug-likeness (QED) is 0.666. The summed E-state index contributed by atoms with van der Waals surface area (Å²) in [6, 6.07) is 9.89. The molecule has 0 aliphatic heterocycles. The van der Waals surface area contributed by atoms with Crippen LogP contribution in [0.4, 0.5) is 4.39 Å². The predicted octanol–water partition coefficient (Wildman–Crippen LogP) is 1.67. The molecule has 132 valence electrons. The van der Waals surface area contributed by atoms with Crippen molar-refractivity contribution in [3.05, 3.63) is 65.0 Å². The number of nitrogens with one attached hydrogen (secondary N) is 2. The summed E-state index contributed by atoms with van der Waals surface area (Å²) < 4.78 is 18.4. The molecule has 0 bridgehead atoms. The SMILES string of the molecule is Cc1cc(C)cc(OCC(=O)NN[C@@H](C(N)=O)c2ccc(F)cc2)c1. The van der Waals surface area contributed by atoms with Crippen molar-refractivity contribution in [2.45, 2.75) is 19.9 Å². The number of primary amides is 1. The summed E-state index contributed by atoms with van der Waals surface area (Å²) in [6.07, 6.45) is 0. The van der Waals surface area contributed by atoms with Crippen molar-refractivity contribution in [1.82, 2.24) is 10.9 Å². The van der Waals surface area contributed by atoms with Gasteiger partial charge in [0.15, 0.2) is 6.61 Å². The minimum atomic E-state index is -0.981. The summed E-state index contributed by atoms with van der Waals surface area (Å²) in [5, 5.41) is 0. The maximum Gasteiger partial charge on any atom is 0.272 e. The van der Waals surface area contributed by atoms with E-state index in [-0.39, 0.29) is 6.61 Å². The van der Waals surface area contributed by atoms with E-state index >= 15 is 0 Å². The molecule has 0 fully saturated rings. The van der Waals surface area contributed by atoms with Crippen LogP contribution in [0.3, 0.4) is 0 Å². The molecule has 6 nitrogen and oxygen atoms in total. The number of nitrogens with two attached hydrogens (primary N) is 1. The third kappa shape index (κ3) is 5.58. The van der Waals surface area contributed by atoms with Crippen LogP contribution in [0, 0.1) is 19.7 Å². The van der Waals surface area contributed by atoms with Crippen molar-refractivity contribution in [3.63, 3.8) is 0 Å². The van der Waals surface area contributed by atoms with Gasteiger partial charge in [-0.25, -0.2) is 9.82 Å². The standard InChI is InChI=1S/C18H20FN3O3/c1-11-7-12(2)9-15(8-11)25-10-16(23)21-22-17(18(20)24)13-3-5-14(19)6-4-13/h3-9,17,22H,10H2,1-2H3,(H2,20,24)(H,21,23)/t17-/m1/s1. The Morgan fingerprint density at radius 3 is 2.28 bits per heavy atom. The third-order valence-electron chi connectivity index (χ3n) is 3.41. The Balaban J connectivity index is 1.90. The molecule has 2 rings (SSSR count). The van der Waals surface area contributed by atoms with Gasteiger partial charge >= 0.3 is 0 Å². The number of benzene rings is 2. The summed E-state index contributed by atoms with van der Waals surface area (Å²) >= 11 is 0. The Morgan fingerprint density at radius 1 is 1.12 bits per heavy atom. The number of hydrazine groups is 1. The highest BCUT2D eigenvalue weighted by atomic mass is 19.1. The van der Waals surface area contributed by atoms with E-state index in [0.29, 0.717) is 11.3 Å². The normalized spacial score (nSPS) is 11.6. The van der Waals surface area contributed by atoms with Gasteiger partial charge in [-0.2, -0.15) is 0 Å². The number of ether oxygens (including phenoxy) is 1. The maximum atomic E-state index is 13.0. The number of hydrogen-bond acceptors (Lipinski definition) is 4. The summed E-state index contributed by atoms with van der Waals surface area (Å²) in [5.41, 5.74) is 12.7. The fourth-order valence-corrected chi connectivity index (χ4v) is 2.33. The Hall–Kier alpha value is -2.93. The number of aryl methyl sites for hydroxylation is 2. The Labute approximate surface area is 145 Å². The van der Waals surface area contributed by atoms with Gasteiger partial charge in [0.05, 0.1) is 0 Å². The molecule has 2 amide bonds. The highest BCUT2D eigenvalue weighted by Crippen LogP contribution is 2.16. The highest BCUT2D eigenvalue weighted by Gasteiger charge is 2.18. The molecular weight excluding hydrogens is 325 g/mol. The van der Waals surface area contributed by atoms with Gasteiger partial charge in [0.1, 0.15) is 17.6 Å². The predicted molar refractivity (Wildman–Crippen MR) is 91.0 cm³/mol. The first-order valence-corrected chi connectivity index (χ1v) is 7.65. The van der Waals surface area contributed by atoms with E-state index in [2.05, 4.69) is 10.9 Å². The number of rotatable bonds is 7. The van der Waals surface area contributed by atoms with Gasteiger partial charge in [0, 0.05) is 0 Å². The van der Waals surface area contributed by atoms with Crippen LogP contribution in [0.2, 0.25) is 0 Å². The van der Waals surface area contributed by atoms with E-state index in [0.717, 1.165) is 11.1 Å². The fraction of sp³-hybridized carbons (Fsp3) is 0.222. The lowest BCUT2D eigenvalue weighted by atomic mass is 10.1. The number of carbonyl (C=O) groups is 2. The minimum Gasteiger partial charge on any atom is -0.484 e. The number of amides is 2. The van der Waals surface area contributed by atoms with Crippen molar-refractivity contribution in [3.8, 4) is 5.75 Å². The average molecular weight is 345 g/mol. The van der Waals surface area contributed by atoms with E-state index in [1.54, 1.807) is 0 Å². The Bertz CT molecular complexity index is 742. The molecule has 0 aliphatic carbocycles. The molecule has 0 saturated carbocycles. The second kappa shape index (κ2) is 8.25. The molecule has 0 spiro atoms. The van der Waals surface area contributed by atoms with Crippen LogP contribution in [0.15, 0.2) is 42.5 Å². The van der Waals surface area contributed by atoms with Crippen LogP contribution in [0.1, 0.15) is 22.7 Å². The van der Waals surface area contributed by atoms with Gasteiger partial charge in [-0.3, -0.25) is 15.0 Å². The summed E-state index contributed by atoms with van der Waals surface area (Å²) in [7, 11) is 0. The zero-order chi connectivity index (χ0) is 18.4. The van der Waals surface area contributed by atoms with E-state index in [1.165, 1.54) is 24.3 Å². The zero-order valence-electron chi connectivity index (χ0n) is 14.0. The van der Waals surface area contributed by atoms with Crippen LogP contribution >= 0.6 is 0 Å². The van der Waals surface area contributed by atoms with Crippen molar-refractivity contribution >= 4 is 11.8 Å². The van der Waals surface area contributed by atoms with E-state index in [9.17, 15) is 14.0 Å². The lowest BCUT2D eigenvalue weighted by Gasteiger charge is -2.17. The summed E-state index contributed by atoms with van der Waals surface area (Å²) in [6.45, 7) is 3.63. The van der Waals surface area contributed by atoms with Gasteiger partial charge in [-0.15, -0.1) is 0 Å². The van der Waals surface area contributed by atoms with Crippen molar-refractivity contribution in [2.75, 3.05) is 6.61 Å². The Morgan fingerprint density at radius 2 is 1.72 bits per heavy atom. The van der Waals surface area contributed by atoms with Crippen LogP contribution in [0.5, 0.6) is 5.75 Å². The molecule has 7 heteroatoms. The largest absolute Gasteiger partial charge is 0.484 e. The van der Waals surface area contributed by atoms with Crippen molar-refractivity contribution in [2.24, 2.45) is 5.73 Å². The maximum absolute atomic E-state index is 13.0. The molecule has 25 heavy (non-hydrogen) atoms. The van der Waals surface area contributed by atoms with E-state index < -0.39 is 23.7 Å². The van der Waals surface area contributed by atoms with Gasteiger partial charge in [0.2, 0.25) is 5.91 Å². The molecule has 0 aliphatic rings. The van der Waals surface area contributed by atoms with E-state index in [4.69, 9.17) is 10.5 Å². The summed E-state index contributed by atoms with van der Waals surface area (Å²) in [4.78, 5) is 23.4. The van der Waals surface area contributed by atoms with Gasteiger partial charge in [-0.1, -0.05) is 18.2 Å². The molecule has 0 unspecified atom stereocenters. The molecule has 0 saturated heterocycles. The van der Waals surface area contributed by atoms with Gasteiger partial charge in [0.25, 0.3) is 5.91 Å². The number of halogens is 1. The summed E-state index contributed by atoms with van der Waals surface area (Å²) in [5.74, 6) is -1.04. The van der Waals surface area contributed by atoms with Crippen LogP contribution in [-0.2, 0) is 9.59 Å². The zero-order valence-corrected chi connectivity index (χ0v) is 14.0. The first-order chi connectivity index (χ1) is 11.8. The molecule has 0 heterocycles. The smallest absolute Gasteiger partial charge is 0.272 e. The lowest BCUT2D eigenvalue weighted by Crippen LogP contribution is -2.46. The number of hydrogen-bond donors (Lipinski definition) is 3. The molecule has 1 atom stereocenters. The topological polar surface area (TPSA) is 93.4 Å².